The molecule has 7 heteroatoms. The van der Waals surface area contributed by atoms with Gasteiger partial charge >= 0.3 is 5.69 Å². The summed E-state index contributed by atoms with van der Waals surface area (Å²) in [4.78, 5) is 17.7. The Labute approximate surface area is 121 Å². The molecule has 0 aliphatic heterocycles. The summed E-state index contributed by atoms with van der Waals surface area (Å²) >= 11 is 0. The fourth-order valence-corrected chi connectivity index (χ4v) is 1.98. The zero-order chi connectivity index (χ0) is 15.2. The van der Waals surface area contributed by atoms with Crippen LogP contribution in [0.2, 0.25) is 0 Å². The minimum absolute atomic E-state index is 0.137. The van der Waals surface area contributed by atoms with Crippen LogP contribution in [-0.2, 0) is 6.42 Å². The number of aromatic hydroxyl groups is 1. The highest BCUT2D eigenvalue weighted by Gasteiger charge is 2.21. The second kappa shape index (κ2) is 6.65. The molecule has 1 heterocycles. The Morgan fingerprint density at radius 1 is 1.29 bits per heavy atom. The Morgan fingerprint density at radius 3 is 2.62 bits per heavy atom. The third-order valence-electron chi connectivity index (χ3n) is 2.99. The van der Waals surface area contributed by atoms with E-state index < -0.39 is 16.5 Å². The molecule has 0 aliphatic rings. The van der Waals surface area contributed by atoms with Crippen LogP contribution in [0.1, 0.15) is 17.7 Å². The highest BCUT2D eigenvalue weighted by atomic mass is 16.6. The third-order valence-corrected chi connectivity index (χ3v) is 2.99. The minimum atomic E-state index is -0.691. The molecule has 0 saturated heterocycles. The second-order valence-electron chi connectivity index (χ2n) is 4.58. The standard InChI is InChI=1S/C14H16N4O3/c1-10-12(18(20)21)13(19)17-14(16-10)15-9-5-8-11-6-3-2-4-7-11/h2-4,6-7H,5,8-9H2,1H3,(H2,15,16,17,19). The lowest BCUT2D eigenvalue weighted by atomic mass is 10.1. The topological polar surface area (TPSA) is 101 Å². The molecule has 2 aromatic rings. The Bertz CT molecular complexity index is 608. The van der Waals surface area contributed by atoms with Crippen molar-refractivity contribution in [1.82, 2.24) is 9.97 Å². The lowest BCUT2D eigenvalue weighted by Crippen LogP contribution is -2.08. The normalized spacial score (nSPS) is 10.3. The summed E-state index contributed by atoms with van der Waals surface area (Å²) in [5.74, 6) is -0.415. The van der Waals surface area contributed by atoms with E-state index in [0.29, 0.717) is 6.54 Å². The number of aromatic nitrogens is 2. The number of nitrogens with zero attached hydrogens (tertiary/aromatic N) is 3. The predicted octanol–water partition coefficient (Wildman–Crippen LogP) is 2.44. The molecule has 0 fully saturated rings. The molecule has 0 saturated carbocycles. The first-order valence-corrected chi connectivity index (χ1v) is 6.57. The van der Waals surface area contributed by atoms with Crippen LogP contribution in [0.5, 0.6) is 5.88 Å². The summed E-state index contributed by atoms with van der Waals surface area (Å²) in [7, 11) is 0. The van der Waals surface area contributed by atoms with Crippen molar-refractivity contribution < 1.29 is 10.0 Å². The molecule has 7 nitrogen and oxygen atoms in total. The molecular formula is C14H16N4O3. The van der Waals surface area contributed by atoms with E-state index in [4.69, 9.17) is 0 Å². The third kappa shape index (κ3) is 3.88. The van der Waals surface area contributed by atoms with Gasteiger partial charge in [0.2, 0.25) is 5.95 Å². The number of nitro groups is 1. The SMILES string of the molecule is Cc1nc(NCCCc2ccccc2)nc(O)c1[N+](=O)[O-]. The fourth-order valence-electron chi connectivity index (χ4n) is 1.98. The van der Waals surface area contributed by atoms with Crippen LogP contribution in [0.15, 0.2) is 30.3 Å². The van der Waals surface area contributed by atoms with Crippen molar-refractivity contribution >= 4 is 11.6 Å². The maximum atomic E-state index is 10.7. The van der Waals surface area contributed by atoms with Crippen molar-refractivity contribution in [2.45, 2.75) is 19.8 Å². The molecule has 2 rings (SSSR count). The van der Waals surface area contributed by atoms with E-state index in [1.165, 1.54) is 12.5 Å². The molecular weight excluding hydrogens is 272 g/mol. The number of nitrogens with one attached hydrogen (secondary N) is 1. The number of anilines is 1. The van der Waals surface area contributed by atoms with Gasteiger partial charge in [-0.1, -0.05) is 30.3 Å². The average molecular weight is 288 g/mol. The molecule has 0 bridgehead atoms. The molecule has 0 unspecified atom stereocenters. The molecule has 0 radical (unpaired) electrons. The van der Waals surface area contributed by atoms with Gasteiger partial charge in [-0.05, 0) is 25.3 Å². The first-order valence-electron chi connectivity index (χ1n) is 6.57. The van der Waals surface area contributed by atoms with Crippen LogP contribution in [-0.4, -0.2) is 26.5 Å². The second-order valence-corrected chi connectivity index (χ2v) is 4.58. The van der Waals surface area contributed by atoms with Crippen LogP contribution >= 0.6 is 0 Å². The number of hydrogen-bond acceptors (Lipinski definition) is 6. The van der Waals surface area contributed by atoms with Gasteiger partial charge in [-0.3, -0.25) is 10.1 Å². The van der Waals surface area contributed by atoms with Gasteiger partial charge in [0.15, 0.2) is 0 Å². The Balaban J connectivity index is 1.91. The van der Waals surface area contributed by atoms with Crippen molar-refractivity contribution in [2.75, 3.05) is 11.9 Å². The van der Waals surface area contributed by atoms with E-state index in [1.54, 1.807) is 0 Å². The molecule has 21 heavy (non-hydrogen) atoms. The van der Waals surface area contributed by atoms with E-state index in [2.05, 4.69) is 27.4 Å². The van der Waals surface area contributed by atoms with Gasteiger partial charge in [-0.25, -0.2) is 4.98 Å². The highest BCUT2D eigenvalue weighted by molar-refractivity contribution is 5.47. The summed E-state index contributed by atoms with van der Waals surface area (Å²) in [6.45, 7) is 2.08. The quantitative estimate of drug-likeness (QED) is 0.481. The van der Waals surface area contributed by atoms with Crippen LogP contribution < -0.4 is 5.32 Å². The van der Waals surface area contributed by atoms with E-state index in [1.807, 2.05) is 18.2 Å². The van der Waals surface area contributed by atoms with E-state index >= 15 is 0 Å². The van der Waals surface area contributed by atoms with Crippen molar-refractivity contribution in [2.24, 2.45) is 0 Å². The fraction of sp³-hybridized carbons (Fsp3) is 0.286. The van der Waals surface area contributed by atoms with Crippen LogP contribution in [0, 0.1) is 17.0 Å². The highest BCUT2D eigenvalue weighted by Crippen LogP contribution is 2.26. The maximum Gasteiger partial charge on any atom is 0.351 e. The molecule has 0 atom stereocenters. The van der Waals surface area contributed by atoms with Crippen molar-refractivity contribution in [3.05, 3.63) is 51.7 Å². The van der Waals surface area contributed by atoms with Crippen LogP contribution in [0.3, 0.4) is 0 Å². The van der Waals surface area contributed by atoms with Crippen LogP contribution in [0.25, 0.3) is 0 Å². The monoisotopic (exact) mass is 288 g/mol. The molecule has 2 N–H and O–H groups in total. The summed E-state index contributed by atoms with van der Waals surface area (Å²) in [6.07, 6.45) is 1.77. The van der Waals surface area contributed by atoms with Gasteiger partial charge < -0.3 is 10.4 Å². The summed E-state index contributed by atoms with van der Waals surface area (Å²) < 4.78 is 0. The van der Waals surface area contributed by atoms with Crippen molar-refractivity contribution in [3.63, 3.8) is 0 Å². The molecule has 0 amide bonds. The smallest absolute Gasteiger partial charge is 0.351 e. The zero-order valence-electron chi connectivity index (χ0n) is 11.6. The van der Waals surface area contributed by atoms with Gasteiger partial charge in [0.25, 0.3) is 5.88 Å². The van der Waals surface area contributed by atoms with E-state index in [-0.39, 0.29) is 11.6 Å². The van der Waals surface area contributed by atoms with E-state index in [0.717, 1.165) is 12.8 Å². The molecule has 0 spiro atoms. The van der Waals surface area contributed by atoms with Crippen LogP contribution in [0.4, 0.5) is 11.6 Å². The predicted molar refractivity (Wildman–Crippen MR) is 78.3 cm³/mol. The summed E-state index contributed by atoms with van der Waals surface area (Å²) in [5.41, 5.74) is 0.922. The first kappa shape index (κ1) is 14.7. The van der Waals surface area contributed by atoms with Gasteiger partial charge in [0.05, 0.1) is 4.92 Å². The van der Waals surface area contributed by atoms with Gasteiger partial charge in [0, 0.05) is 6.54 Å². The number of aryl methyl sites for hydroxylation is 2. The van der Waals surface area contributed by atoms with E-state index in [9.17, 15) is 15.2 Å². The Morgan fingerprint density at radius 2 is 2.00 bits per heavy atom. The molecule has 1 aromatic carbocycles. The summed E-state index contributed by atoms with van der Waals surface area (Å²) in [6, 6.07) is 10.1. The Hall–Kier alpha value is -2.70. The Kier molecular flexibility index (Phi) is 4.65. The summed E-state index contributed by atoms with van der Waals surface area (Å²) in [5, 5.41) is 23.2. The molecule has 110 valence electrons. The molecule has 0 aliphatic carbocycles. The first-order chi connectivity index (χ1) is 10.1. The lowest BCUT2D eigenvalue weighted by Gasteiger charge is -2.06. The zero-order valence-corrected chi connectivity index (χ0v) is 11.6. The van der Waals surface area contributed by atoms with Crippen molar-refractivity contribution in [3.8, 4) is 5.88 Å². The lowest BCUT2D eigenvalue weighted by molar-refractivity contribution is -0.387. The minimum Gasteiger partial charge on any atom is -0.488 e. The van der Waals surface area contributed by atoms with Gasteiger partial charge in [0.1, 0.15) is 5.69 Å². The number of rotatable bonds is 6. The number of benzene rings is 1. The van der Waals surface area contributed by atoms with Gasteiger partial charge in [-0.2, -0.15) is 4.98 Å². The average Bonchev–Trinajstić information content (AvgIpc) is 2.43. The largest absolute Gasteiger partial charge is 0.488 e. The maximum absolute atomic E-state index is 10.7. The van der Waals surface area contributed by atoms with Crippen molar-refractivity contribution in [1.29, 1.82) is 0 Å². The molecule has 1 aromatic heterocycles. The van der Waals surface area contributed by atoms with Gasteiger partial charge in [-0.15, -0.1) is 0 Å². The number of hydrogen-bond donors (Lipinski definition) is 2.